The molecule has 10 nitrogen and oxygen atoms in total. The van der Waals surface area contributed by atoms with Crippen LogP contribution in [0, 0.1) is 23.7 Å². The van der Waals surface area contributed by atoms with Gasteiger partial charge in [0.25, 0.3) is 0 Å². The predicted octanol–water partition coefficient (Wildman–Crippen LogP) is 1.79. The highest BCUT2D eigenvalue weighted by Gasteiger charge is 2.61. The van der Waals surface area contributed by atoms with Crippen LogP contribution in [0.2, 0.25) is 0 Å². The molecule has 1 unspecified atom stereocenters. The van der Waals surface area contributed by atoms with Crippen LogP contribution in [0.3, 0.4) is 0 Å². The molecule has 7 N–H and O–H groups in total. The second-order valence-electron chi connectivity index (χ2n) is 11.2. The number of methoxy groups -OCH3 is 3. The van der Waals surface area contributed by atoms with Gasteiger partial charge in [-0.05, 0) is 36.1 Å². The zero-order chi connectivity index (χ0) is 28.5. The fourth-order valence-corrected chi connectivity index (χ4v) is 7.65. The van der Waals surface area contributed by atoms with Crippen LogP contribution < -0.4 is 0 Å². The van der Waals surface area contributed by atoms with Gasteiger partial charge in [0.05, 0.1) is 51.3 Å². The number of fused-ring (bicyclic) bond motifs is 1. The number of hydrogen-bond donors (Lipinski definition) is 7. The van der Waals surface area contributed by atoms with Crippen LogP contribution in [0.4, 0.5) is 0 Å². The quantitative estimate of drug-likeness (QED) is 0.250. The second kappa shape index (κ2) is 10.0. The number of ether oxygens (including phenoxy) is 3. The number of allylic oxidation sites excluding steroid dienone is 4. The van der Waals surface area contributed by atoms with E-state index in [4.69, 9.17) is 14.2 Å². The van der Waals surface area contributed by atoms with E-state index in [1.165, 1.54) is 27.4 Å². The summed E-state index contributed by atoms with van der Waals surface area (Å²) in [4.78, 5) is 0. The summed E-state index contributed by atoms with van der Waals surface area (Å²) in [5, 5.41) is 77.9. The smallest absolute Gasteiger partial charge is 0.165 e. The van der Waals surface area contributed by atoms with E-state index in [1.54, 1.807) is 13.8 Å². The minimum Gasteiger partial charge on any atom is -0.507 e. The van der Waals surface area contributed by atoms with Crippen LogP contribution in [0.1, 0.15) is 33.1 Å². The molecule has 10 heteroatoms. The molecule has 0 spiro atoms. The summed E-state index contributed by atoms with van der Waals surface area (Å²) in [5.41, 5.74) is 3.03. The normalized spacial score (nSPS) is 35.4. The lowest BCUT2D eigenvalue weighted by atomic mass is 9.49. The van der Waals surface area contributed by atoms with Gasteiger partial charge in [-0.2, -0.15) is 0 Å². The first-order chi connectivity index (χ1) is 18.5. The Morgan fingerprint density at radius 2 is 1.46 bits per heavy atom. The lowest BCUT2D eigenvalue weighted by molar-refractivity contribution is -0.103. The van der Waals surface area contributed by atoms with E-state index in [0.29, 0.717) is 33.6 Å². The van der Waals surface area contributed by atoms with Crippen molar-refractivity contribution < 1.29 is 50.0 Å². The molecule has 0 aliphatic heterocycles. The number of aliphatic hydroxyl groups excluding tert-OH is 7. The van der Waals surface area contributed by atoms with Crippen LogP contribution in [0.5, 0.6) is 0 Å². The average molecular weight is 547 g/mol. The van der Waals surface area contributed by atoms with Gasteiger partial charge < -0.3 is 50.0 Å². The number of aliphatic hydroxyl groups is 7. The molecule has 0 aromatic heterocycles. The molecule has 0 saturated heterocycles. The SMILES string of the molecule is COC1=C2[C@H]3C(=C(O)C(OC)=C(C[C@@H](C)O)C3=C3C(C[C@@H](C)O)=C(OC)C(O)[C@H]4[C@H]3[C@@H]2[C@H](O)C[C@@H]4O)C(O)=C1. The van der Waals surface area contributed by atoms with Crippen molar-refractivity contribution in [2.24, 2.45) is 23.7 Å². The van der Waals surface area contributed by atoms with Gasteiger partial charge in [-0.1, -0.05) is 0 Å². The van der Waals surface area contributed by atoms with Crippen molar-refractivity contribution in [3.8, 4) is 0 Å². The molecule has 0 bridgehead atoms. The van der Waals surface area contributed by atoms with Crippen molar-refractivity contribution in [1.82, 2.24) is 0 Å². The highest BCUT2D eigenvalue weighted by molar-refractivity contribution is 5.69. The molecule has 0 amide bonds. The van der Waals surface area contributed by atoms with Gasteiger partial charge in [0.15, 0.2) is 11.5 Å². The first-order valence-corrected chi connectivity index (χ1v) is 13.3. The largest absolute Gasteiger partial charge is 0.507 e. The monoisotopic (exact) mass is 546 g/mol. The Bertz CT molecular complexity index is 1250. The molecule has 39 heavy (non-hydrogen) atoms. The molecule has 0 radical (unpaired) electrons. The third-order valence-electron chi connectivity index (χ3n) is 8.81. The summed E-state index contributed by atoms with van der Waals surface area (Å²) in [6.07, 6.45) is -3.43. The molecule has 0 heterocycles. The van der Waals surface area contributed by atoms with Gasteiger partial charge in [0.1, 0.15) is 23.4 Å². The molecular formula is C29H38O10. The Morgan fingerprint density at radius 3 is 2.03 bits per heavy atom. The minimum absolute atomic E-state index is 0.0120. The zero-order valence-corrected chi connectivity index (χ0v) is 22.8. The van der Waals surface area contributed by atoms with Crippen LogP contribution >= 0.6 is 0 Å². The molecular weight excluding hydrogens is 508 g/mol. The molecule has 1 fully saturated rings. The third kappa shape index (κ3) is 3.95. The summed E-state index contributed by atoms with van der Waals surface area (Å²) in [6, 6.07) is 0. The van der Waals surface area contributed by atoms with Gasteiger partial charge >= 0.3 is 0 Å². The first-order valence-electron chi connectivity index (χ1n) is 13.3. The van der Waals surface area contributed by atoms with E-state index in [1.807, 2.05) is 0 Å². The molecule has 9 atom stereocenters. The van der Waals surface area contributed by atoms with Crippen LogP contribution in [-0.2, 0) is 14.2 Å². The van der Waals surface area contributed by atoms with E-state index in [-0.39, 0.29) is 47.9 Å². The van der Waals surface area contributed by atoms with Crippen molar-refractivity contribution in [2.75, 3.05) is 21.3 Å². The molecule has 5 rings (SSSR count). The van der Waals surface area contributed by atoms with E-state index in [9.17, 15) is 35.7 Å². The lowest BCUT2D eigenvalue weighted by Crippen LogP contribution is -2.57. The third-order valence-corrected chi connectivity index (χ3v) is 8.81. The van der Waals surface area contributed by atoms with Crippen molar-refractivity contribution >= 4 is 0 Å². The van der Waals surface area contributed by atoms with E-state index < -0.39 is 54.2 Å². The highest BCUT2D eigenvalue weighted by Crippen LogP contribution is 2.64. The number of rotatable bonds is 7. The van der Waals surface area contributed by atoms with E-state index in [0.717, 1.165) is 0 Å². The molecule has 5 aliphatic carbocycles. The highest BCUT2D eigenvalue weighted by atomic mass is 16.5. The predicted molar refractivity (Wildman–Crippen MR) is 139 cm³/mol. The standard InChI is InChI=1S/C29H38O10/c1-10(30)6-12-18-19-13(7-11(2)31)29(39-5)27(36)22-16(34)9-17(37-3)23(25(19)22)20-14(32)8-15(33)21(24(18)20)26(35)28(12)38-4/h9-11,14-15,20-21,24-26,30-36H,6-8H2,1-5H3/t10-,11-,14-,15+,20-,21-,24-,25-,26?/m1/s1. The van der Waals surface area contributed by atoms with Gasteiger partial charge in [-0.3, -0.25) is 0 Å². The van der Waals surface area contributed by atoms with Gasteiger partial charge in [-0.25, -0.2) is 0 Å². The summed E-state index contributed by atoms with van der Waals surface area (Å²) < 4.78 is 17.1. The minimum atomic E-state index is -1.21. The molecule has 0 aromatic rings. The summed E-state index contributed by atoms with van der Waals surface area (Å²) in [7, 11) is 4.26. The first kappa shape index (κ1) is 27.8. The van der Waals surface area contributed by atoms with Crippen LogP contribution in [-0.4, -0.2) is 87.6 Å². The Kier molecular flexibility index (Phi) is 7.13. The fourth-order valence-electron chi connectivity index (χ4n) is 7.65. The fraction of sp³-hybridized carbons (Fsp3) is 0.586. The molecule has 5 aliphatic rings. The molecule has 1 saturated carbocycles. The zero-order valence-electron chi connectivity index (χ0n) is 22.8. The summed E-state index contributed by atoms with van der Waals surface area (Å²) >= 11 is 0. The van der Waals surface area contributed by atoms with Crippen molar-refractivity contribution in [2.45, 2.75) is 63.6 Å². The average Bonchev–Trinajstić information content (AvgIpc) is 2.85. The van der Waals surface area contributed by atoms with E-state index >= 15 is 0 Å². The van der Waals surface area contributed by atoms with Crippen molar-refractivity contribution in [3.63, 3.8) is 0 Å². The van der Waals surface area contributed by atoms with Crippen molar-refractivity contribution in [3.05, 3.63) is 68.3 Å². The maximum Gasteiger partial charge on any atom is 0.165 e. The molecule has 214 valence electrons. The Hall–Kier alpha value is -2.76. The lowest BCUT2D eigenvalue weighted by Gasteiger charge is -2.56. The number of hydrogen-bond acceptors (Lipinski definition) is 10. The van der Waals surface area contributed by atoms with Crippen LogP contribution in [0.15, 0.2) is 68.3 Å². The second-order valence-corrected chi connectivity index (χ2v) is 11.2. The summed E-state index contributed by atoms with van der Waals surface area (Å²) in [5.74, 6) is -2.74. The van der Waals surface area contributed by atoms with Gasteiger partial charge in [-0.15, -0.1) is 0 Å². The Morgan fingerprint density at radius 1 is 0.821 bits per heavy atom. The Balaban J connectivity index is 1.99. The maximum atomic E-state index is 11.5. The van der Waals surface area contributed by atoms with Crippen molar-refractivity contribution in [1.29, 1.82) is 0 Å². The Labute approximate surface area is 227 Å². The van der Waals surface area contributed by atoms with E-state index in [2.05, 4.69) is 0 Å². The van der Waals surface area contributed by atoms with Gasteiger partial charge in [0.2, 0.25) is 0 Å². The summed E-state index contributed by atoms with van der Waals surface area (Å²) in [6.45, 7) is 3.22. The molecule has 0 aromatic carbocycles. The topological polar surface area (TPSA) is 169 Å². The van der Waals surface area contributed by atoms with Gasteiger partial charge in [0, 0.05) is 54.6 Å². The maximum absolute atomic E-state index is 11.5. The van der Waals surface area contributed by atoms with Crippen LogP contribution in [0.25, 0.3) is 0 Å².